The fraction of sp³-hybridized carbons (Fsp3) is 0.143. The van der Waals surface area contributed by atoms with Gasteiger partial charge in [0.1, 0.15) is 5.75 Å². The van der Waals surface area contributed by atoms with E-state index in [0.717, 1.165) is 10.5 Å². The fourth-order valence-electron chi connectivity index (χ4n) is 1.53. The summed E-state index contributed by atoms with van der Waals surface area (Å²) in [6.07, 6.45) is 1.96. The summed E-state index contributed by atoms with van der Waals surface area (Å²) >= 11 is 4.87. The number of hydrogen-bond acceptors (Lipinski definition) is 2. The Balaban J connectivity index is 2.28. The Morgan fingerprint density at radius 1 is 1.17 bits per heavy atom. The van der Waals surface area contributed by atoms with Crippen molar-refractivity contribution in [1.29, 1.82) is 0 Å². The summed E-state index contributed by atoms with van der Waals surface area (Å²) in [4.78, 5) is 0.987. The first-order chi connectivity index (χ1) is 8.74. The van der Waals surface area contributed by atoms with Gasteiger partial charge >= 0.3 is 0 Å². The highest BCUT2D eigenvalue weighted by atomic mass is 79.9. The molecule has 0 aliphatic carbocycles. The molecule has 0 fully saturated rings. The largest absolute Gasteiger partial charge is 0.453 e. The molecule has 1 nitrogen and oxygen atoms in total. The summed E-state index contributed by atoms with van der Waals surface area (Å²) < 4.78 is 19.4. The Bertz CT molecular complexity index is 545. The predicted octanol–water partition coefficient (Wildman–Crippen LogP) is 5.23. The molecule has 0 heterocycles. The van der Waals surface area contributed by atoms with Gasteiger partial charge in [-0.3, -0.25) is 0 Å². The van der Waals surface area contributed by atoms with Gasteiger partial charge in [-0.15, -0.1) is 11.8 Å². The number of rotatable bonds is 4. The van der Waals surface area contributed by atoms with E-state index in [1.165, 1.54) is 6.07 Å². The highest BCUT2D eigenvalue weighted by molar-refractivity contribution is 9.08. The summed E-state index contributed by atoms with van der Waals surface area (Å²) in [7, 11) is 0. The first-order valence-electron chi connectivity index (χ1n) is 5.40. The number of ether oxygens (including phenoxy) is 1. The van der Waals surface area contributed by atoms with E-state index in [1.807, 2.05) is 36.6 Å². The van der Waals surface area contributed by atoms with Crippen LogP contribution in [0, 0.1) is 5.82 Å². The average molecular weight is 327 g/mol. The van der Waals surface area contributed by atoms with Crippen LogP contribution in [0.1, 0.15) is 5.56 Å². The van der Waals surface area contributed by atoms with Crippen LogP contribution in [0.15, 0.2) is 47.4 Å². The van der Waals surface area contributed by atoms with Crippen molar-refractivity contribution in [2.24, 2.45) is 0 Å². The Labute approximate surface area is 118 Å². The Morgan fingerprint density at radius 3 is 2.61 bits per heavy atom. The van der Waals surface area contributed by atoms with Crippen LogP contribution in [0.2, 0.25) is 0 Å². The average Bonchev–Trinajstić information content (AvgIpc) is 2.41. The van der Waals surface area contributed by atoms with Crippen molar-refractivity contribution in [2.75, 3.05) is 6.26 Å². The number of hydrogen-bond donors (Lipinski definition) is 0. The zero-order valence-corrected chi connectivity index (χ0v) is 12.2. The van der Waals surface area contributed by atoms with Crippen LogP contribution in [0.3, 0.4) is 0 Å². The van der Waals surface area contributed by atoms with Gasteiger partial charge in [-0.2, -0.15) is 0 Å². The zero-order valence-electron chi connectivity index (χ0n) is 9.82. The van der Waals surface area contributed by atoms with Crippen molar-refractivity contribution >= 4 is 27.7 Å². The molecule has 0 saturated carbocycles. The van der Waals surface area contributed by atoms with Crippen LogP contribution in [-0.2, 0) is 5.33 Å². The molecule has 0 N–H and O–H groups in total. The highest BCUT2D eigenvalue weighted by Gasteiger charge is 2.08. The van der Waals surface area contributed by atoms with E-state index >= 15 is 0 Å². The van der Waals surface area contributed by atoms with Crippen LogP contribution in [0.4, 0.5) is 4.39 Å². The van der Waals surface area contributed by atoms with Crippen molar-refractivity contribution < 1.29 is 9.13 Å². The molecule has 4 heteroatoms. The number of thioether (sulfide) groups is 1. The molecule has 94 valence electrons. The summed E-state index contributed by atoms with van der Waals surface area (Å²) in [5, 5.41) is 0.631. The molecular formula is C14H12BrFOS. The normalized spacial score (nSPS) is 10.4. The maximum Gasteiger partial charge on any atom is 0.166 e. The lowest BCUT2D eigenvalue weighted by Crippen LogP contribution is -1.91. The summed E-state index contributed by atoms with van der Waals surface area (Å²) in [5.74, 6) is 0.583. The molecule has 0 saturated heterocycles. The molecular weight excluding hydrogens is 315 g/mol. The monoisotopic (exact) mass is 326 g/mol. The maximum atomic E-state index is 13.8. The van der Waals surface area contributed by atoms with Gasteiger partial charge in [0.25, 0.3) is 0 Å². The van der Waals surface area contributed by atoms with Gasteiger partial charge in [0, 0.05) is 10.2 Å². The number of halogens is 2. The summed E-state index contributed by atoms with van der Waals surface area (Å²) in [6, 6.07) is 12.6. The predicted molar refractivity (Wildman–Crippen MR) is 77.3 cm³/mol. The molecule has 0 bridgehead atoms. The first kappa shape index (κ1) is 13.4. The van der Waals surface area contributed by atoms with Gasteiger partial charge in [-0.25, -0.2) is 4.39 Å². The molecule has 0 amide bonds. The molecule has 0 spiro atoms. The second-order valence-corrected chi connectivity index (χ2v) is 5.06. The third-order valence-electron chi connectivity index (χ3n) is 2.44. The molecule has 0 aromatic heterocycles. The van der Waals surface area contributed by atoms with E-state index < -0.39 is 0 Å². The van der Waals surface area contributed by atoms with Gasteiger partial charge in [0.2, 0.25) is 0 Å². The van der Waals surface area contributed by atoms with Crippen molar-refractivity contribution in [3.63, 3.8) is 0 Å². The Hall–Kier alpha value is -1.00. The van der Waals surface area contributed by atoms with Crippen LogP contribution in [0.25, 0.3) is 0 Å². The van der Waals surface area contributed by atoms with Crippen LogP contribution in [-0.4, -0.2) is 6.26 Å². The Morgan fingerprint density at radius 2 is 1.94 bits per heavy atom. The van der Waals surface area contributed by atoms with Crippen molar-refractivity contribution in [1.82, 2.24) is 0 Å². The van der Waals surface area contributed by atoms with Crippen LogP contribution >= 0.6 is 27.7 Å². The highest BCUT2D eigenvalue weighted by Crippen LogP contribution is 2.32. The molecule has 2 aromatic carbocycles. The smallest absolute Gasteiger partial charge is 0.166 e. The SMILES string of the molecule is CSc1ccccc1Oc1ccc(CBr)cc1F. The lowest BCUT2D eigenvalue weighted by Gasteiger charge is -2.10. The van der Waals surface area contributed by atoms with Gasteiger partial charge in [0.05, 0.1) is 0 Å². The minimum atomic E-state index is -0.345. The topological polar surface area (TPSA) is 9.23 Å². The van der Waals surface area contributed by atoms with E-state index in [-0.39, 0.29) is 11.6 Å². The zero-order chi connectivity index (χ0) is 13.0. The molecule has 2 aromatic rings. The molecule has 0 radical (unpaired) electrons. The third-order valence-corrected chi connectivity index (χ3v) is 3.86. The van der Waals surface area contributed by atoms with Crippen molar-refractivity contribution in [3.05, 3.63) is 53.8 Å². The number of alkyl halides is 1. The quantitative estimate of drug-likeness (QED) is 0.561. The molecule has 0 aliphatic heterocycles. The van der Waals surface area contributed by atoms with Crippen LogP contribution in [0.5, 0.6) is 11.5 Å². The summed E-state index contributed by atoms with van der Waals surface area (Å²) in [5.41, 5.74) is 0.887. The molecule has 0 aliphatic rings. The minimum Gasteiger partial charge on any atom is -0.453 e. The molecule has 0 unspecified atom stereocenters. The van der Waals surface area contributed by atoms with Gasteiger partial charge in [0.15, 0.2) is 11.6 Å². The van der Waals surface area contributed by atoms with E-state index in [0.29, 0.717) is 11.1 Å². The van der Waals surface area contributed by atoms with E-state index in [1.54, 1.807) is 17.8 Å². The van der Waals surface area contributed by atoms with Crippen molar-refractivity contribution in [2.45, 2.75) is 10.2 Å². The number of benzene rings is 2. The molecule has 2 rings (SSSR count). The molecule has 18 heavy (non-hydrogen) atoms. The lowest BCUT2D eigenvalue weighted by atomic mass is 10.2. The fourth-order valence-corrected chi connectivity index (χ4v) is 2.41. The minimum absolute atomic E-state index is 0.251. The van der Waals surface area contributed by atoms with E-state index in [9.17, 15) is 4.39 Å². The van der Waals surface area contributed by atoms with E-state index in [4.69, 9.17) is 4.74 Å². The van der Waals surface area contributed by atoms with Crippen LogP contribution < -0.4 is 4.74 Å². The van der Waals surface area contributed by atoms with Gasteiger partial charge in [-0.1, -0.05) is 34.1 Å². The summed E-state index contributed by atoms with van der Waals surface area (Å²) in [6.45, 7) is 0. The Kier molecular flexibility index (Phi) is 4.66. The first-order valence-corrected chi connectivity index (χ1v) is 7.74. The second-order valence-electron chi connectivity index (χ2n) is 3.65. The van der Waals surface area contributed by atoms with E-state index in [2.05, 4.69) is 15.9 Å². The van der Waals surface area contributed by atoms with Gasteiger partial charge < -0.3 is 4.74 Å². The molecule has 0 atom stereocenters. The van der Waals surface area contributed by atoms with Gasteiger partial charge in [-0.05, 0) is 36.1 Å². The standard InChI is InChI=1S/C14H12BrFOS/c1-18-14-5-3-2-4-13(14)17-12-7-6-10(9-15)8-11(12)16/h2-8H,9H2,1H3. The third kappa shape index (κ3) is 3.06. The lowest BCUT2D eigenvalue weighted by molar-refractivity contribution is 0.433. The number of para-hydroxylation sites is 1. The second kappa shape index (κ2) is 6.25. The maximum absolute atomic E-state index is 13.8. The van der Waals surface area contributed by atoms with Crippen molar-refractivity contribution in [3.8, 4) is 11.5 Å².